The predicted octanol–water partition coefficient (Wildman–Crippen LogP) is 3.52. The Labute approximate surface area is 95.8 Å². The van der Waals surface area contributed by atoms with Crippen LogP contribution in [0.25, 0.3) is 20.2 Å². The molecular weight excluding hydrogens is 224 g/mol. The van der Waals surface area contributed by atoms with Crippen molar-refractivity contribution in [2.45, 2.75) is 0 Å². The highest BCUT2D eigenvalue weighted by Crippen LogP contribution is 2.33. The molecule has 0 unspecified atom stereocenters. The largest absolute Gasteiger partial charge is 0.256 e. The Kier molecular flexibility index (Phi) is 1.87. The monoisotopic (exact) mass is 232 g/mol. The highest BCUT2D eigenvalue weighted by atomic mass is 32.1. The second-order valence-corrected chi connectivity index (χ2v) is 4.85. The molecule has 2 heterocycles. The van der Waals surface area contributed by atoms with Crippen molar-refractivity contribution < 1.29 is 0 Å². The number of hydrogen-bond acceptors (Lipinski definition) is 3. The Morgan fingerprint density at radius 2 is 2.07 bits per heavy atom. The summed E-state index contributed by atoms with van der Waals surface area (Å²) >= 11 is 7.08. The summed E-state index contributed by atoms with van der Waals surface area (Å²) in [5, 5.41) is 6.66. The minimum Gasteiger partial charge on any atom is -0.256 e. The number of benzene rings is 1. The lowest BCUT2D eigenvalue weighted by Gasteiger charge is -1.96. The van der Waals surface area contributed by atoms with E-state index in [1.165, 1.54) is 15.5 Å². The van der Waals surface area contributed by atoms with Crippen LogP contribution in [0.2, 0.25) is 0 Å². The average Bonchev–Trinajstić information content (AvgIpc) is 2.63. The average molecular weight is 232 g/mol. The van der Waals surface area contributed by atoms with Gasteiger partial charge in [0.1, 0.15) is 4.64 Å². The van der Waals surface area contributed by atoms with Crippen LogP contribution in [0.15, 0.2) is 30.5 Å². The fourth-order valence-electron chi connectivity index (χ4n) is 1.70. The van der Waals surface area contributed by atoms with Gasteiger partial charge < -0.3 is 0 Å². The van der Waals surface area contributed by atoms with Gasteiger partial charge in [-0.05, 0) is 6.07 Å². The molecule has 15 heavy (non-hydrogen) atoms. The summed E-state index contributed by atoms with van der Waals surface area (Å²) in [6, 6.07) is 8.33. The second kappa shape index (κ2) is 3.12. The zero-order valence-electron chi connectivity index (χ0n) is 8.10. The number of nitrogens with zero attached hydrogens (tertiary/aromatic N) is 2. The third-order valence-corrected chi connectivity index (χ3v) is 4.27. The number of thiophene rings is 1. The van der Waals surface area contributed by atoms with Crippen molar-refractivity contribution >= 4 is 43.7 Å². The van der Waals surface area contributed by atoms with E-state index < -0.39 is 0 Å². The molecule has 0 radical (unpaired) electrons. The van der Waals surface area contributed by atoms with Gasteiger partial charge >= 0.3 is 0 Å². The molecule has 0 aliphatic carbocycles. The molecule has 0 saturated carbocycles. The fraction of sp³-hybridized carbons (Fsp3) is 0.0909. The SMILES string of the molecule is Cn1ncc2c(sc3ccccc32)c1=S. The van der Waals surface area contributed by atoms with Gasteiger partial charge in [-0.25, -0.2) is 0 Å². The van der Waals surface area contributed by atoms with E-state index in [0.717, 1.165) is 9.34 Å². The van der Waals surface area contributed by atoms with Gasteiger partial charge in [0, 0.05) is 22.5 Å². The number of aromatic nitrogens is 2. The van der Waals surface area contributed by atoms with Gasteiger partial charge in [-0.2, -0.15) is 5.10 Å². The molecule has 0 spiro atoms. The molecule has 0 bridgehead atoms. The summed E-state index contributed by atoms with van der Waals surface area (Å²) < 4.78 is 4.98. The highest BCUT2D eigenvalue weighted by Gasteiger charge is 2.06. The van der Waals surface area contributed by atoms with E-state index in [9.17, 15) is 0 Å². The van der Waals surface area contributed by atoms with Crippen LogP contribution in [-0.4, -0.2) is 9.78 Å². The van der Waals surface area contributed by atoms with Crippen molar-refractivity contribution in [2.24, 2.45) is 7.05 Å². The Morgan fingerprint density at radius 1 is 1.27 bits per heavy atom. The van der Waals surface area contributed by atoms with Crippen molar-refractivity contribution in [3.05, 3.63) is 35.1 Å². The molecule has 0 aliphatic rings. The van der Waals surface area contributed by atoms with E-state index in [4.69, 9.17) is 12.2 Å². The maximum absolute atomic E-state index is 5.35. The summed E-state index contributed by atoms with van der Waals surface area (Å²) in [4.78, 5) is 0. The van der Waals surface area contributed by atoms with Crippen molar-refractivity contribution in [1.29, 1.82) is 0 Å². The summed E-state index contributed by atoms with van der Waals surface area (Å²) in [5.74, 6) is 0. The third kappa shape index (κ3) is 1.22. The van der Waals surface area contributed by atoms with Gasteiger partial charge in [0.15, 0.2) is 0 Å². The minimum atomic E-state index is 0.814. The molecule has 1 aromatic carbocycles. The molecule has 0 atom stereocenters. The van der Waals surface area contributed by atoms with Gasteiger partial charge in [0.25, 0.3) is 0 Å². The van der Waals surface area contributed by atoms with Crippen molar-refractivity contribution in [1.82, 2.24) is 9.78 Å². The van der Waals surface area contributed by atoms with Crippen LogP contribution < -0.4 is 0 Å². The van der Waals surface area contributed by atoms with Gasteiger partial charge in [0.05, 0.1) is 10.9 Å². The molecule has 0 amide bonds. The second-order valence-electron chi connectivity index (χ2n) is 3.41. The fourth-order valence-corrected chi connectivity index (χ4v) is 3.12. The zero-order chi connectivity index (χ0) is 10.4. The topological polar surface area (TPSA) is 17.8 Å². The molecule has 3 aromatic rings. The van der Waals surface area contributed by atoms with Gasteiger partial charge in [0.2, 0.25) is 0 Å². The van der Waals surface area contributed by atoms with Crippen LogP contribution in [0, 0.1) is 4.64 Å². The van der Waals surface area contributed by atoms with Gasteiger partial charge in [-0.15, -0.1) is 11.3 Å². The predicted molar refractivity (Wildman–Crippen MR) is 66.9 cm³/mol. The van der Waals surface area contributed by atoms with Crippen LogP contribution in [0.1, 0.15) is 0 Å². The molecule has 2 nitrogen and oxygen atoms in total. The van der Waals surface area contributed by atoms with Crippen molar-refractivity contribution in [3.63, 3.8) is 0 Å². The third-order valence-electron chi connectivity index (χ3n) is 2.48. The van der Waals surface area contributed by atoms with Crippen molar-refractivity contribution in [3.8, 4) is 0 Å². The molecule has 0 fully saturated rings. The van der Waals surface area contributed by atoms with Crippen LogP contribution in [0.4, 0.5) is 0 Å². The van der Waals surface area contributed by atoms with E-state index in [1.54, 1.807) is 16.0 Å². The van der Waals surface area contributed by atoms with E-state index in [1.807, 2.05) is 25.4 Å². The summed E-state index contributed by atoms with van der Waals surface area (Å²) in [5.41, 5.74) is 0. The molecule has 2 aromatic heterocycles. The summed E-state index contributed by atoms with van der Waals surface area (Å²) in [7, 11) is 1.88. The summed E-state index contributed by atoms with van der Waals surface area (Å²) in [6.45, 7) is 0. The Balaban J connectivity index is 2.66. The number of fused-ring (bicyclic) bond motifs is 3. The minimum absolute atomic E-state index is 0.814. The normalized spacial score (nSPS) is 11.3. The quantitative estimate of drug-likeness (QED) is 0.552. The molecule has 74 valence electrons. The van der Waals surface area contributed by atoms with Crippen molar-refractivity contribution in [2.75, 3.05) is 0 Å². The first-order chi connectivity index (χ1) is 7.27. The van der Waals surface area contributed by atoms with Gasteiger partial charge in [-0.3, -0.25) is 4.68 Å². The maximum atomic E-state index is 5.35. The lowest BCUT2D eigenvalue weighted by Crippen LogP contribution is -1.95. The molecule has 0 saturated heterocycles. The smallest absolute Gasteiger partial charge is 0.140 e. The molecular formula is C11H8N2S2. The van der Waals surface area contributed by atoms with E-state index in [0.29, 0.717) is 0 Å². The molecule has 3 rings (SSSR count). The standard InChI is InChI=1S/C11H8N2S2/c1-13-11(14)10-8(6-12-13)7-4-2-3-5-9(7)15-10/h2-6H,1H3. The lowest BCUT2D eigenvalue weighted by molar-refractivity contribution is 0.738. The molecule has 0 N–H and O–H groups in total. The zero-order valence-corrected chi connectivity index (χ0v) is 9.73. The Bertz CT molecular complexity index is 709. The first-order valence-electron chi connectivity index (χ1n) is 4.61. The van der Waals surface area contributed by atoms with E-state index in [2.05, 4.69) is 17.2 Å². The lowest BCUT2D eigenvalue weighted by atomic mass is 10.2. The molecule has 0 aliphatic heterocycles. The summed E-state index contributed by atoms with van der Waals surface area (Å²) in [6.07, 6.45) is 1.89. The number of aryl methyl sites for hydroxylation is 1. The van der Waals surface area contributed by atoms with Crippen LogP contribution in [0.3, 0.4) is 0 Å². The first kappa shape index (κ1) is 9.00. The van der Waals surface area contributed by atoms with Gasteiger partial charge in [-0.1, -0.05) is 30.4 Å². The molecule has 4 heteroatoms. The van der Waals surface area contributed by atoms with E-state index >= 15 is 0 Å². The van der Waals surface area contributed by atoms with E-state index in [-0.39, 0.29) is 0 Å². The van der Waals surface area contributed by atoms with Crippen LogP contribution in [-0.2, 0) is 7.05 Å². The number of hydrogen-bond donors (Lipinski definition) is 0. The highest BCUT2D eigenvalue weighted by molar-refractivity contribution is 7.71. The Morgan fingerprint density at radius 3 is 2.93 bits per heavy atom. The Hall–Kier alpha value is -1.26. The maximum Gasteiger partial charge on any atom is 0.140 e. The first-order valence-corrected chi connectivity index (χ1v) is 5.83. The number of rotatable bonds is 0. The van der Waals surface area contributed by atoms with Crippen LogP contribution >= 0.6 is 23.6 Å². The van der Waals surface area contributed by atoms with Crippen LogP contribution in [0.5, 0.6) is 0 Å².